The Morgan fingerprint density at radius 3 is 2.64 bits per heavy atom. The van der Waals surface area contributed by atoms with Gasteiger partial charge in [0.15, 0.2) is 0 Å². The first-order valence-electron chi connectivity index (χ1n) is 5.76. The summed E-state index contributed by atoms with van der Waals surface area (Å²) in [6.45, 7) is 4.08. The molecule has 1 unspecified atom stereocenters. The molecule has 2 rings (SSSR count). The molecule has 2 N–H and O–H groups in total. The fourth-order valence-corrected chi connectivity index (χ4v) is 2.74. The summed E-state index contributed by atoms with van der Waals surface area (Å²) in [7, 11) is 2.19. The lowest BCUT2D eigenvalue weighted by Gasteiger charge is -2.43. The van der Waals surface area contributed by atoms with E-state index in [1.54, 1.807) is 0 Å². The number of piperidine rings is 1. The molecule has 14 heavy (non-hydrogen) atoms. The molecule has 3 nitrogen and oxygen atoms in total. The van der Waals surface area contributed by atoms with Crippen LogP contribution in [0.4, 0.5) is 0 Å². The fraction of sp³-hybridized carbons (Fsp3) is 1.00. The minimum absolute atomic E-state index is 0.0144. The molecule has 2 fully saturated rings. The zero-order valence-electron chi connectivity index (χ0n) is 9.17. The van der Waals surface area contributed by atoms with Gasteiger partial charge in [-0.05, 0) is 51.7 Å². The predicted molar refractivity (Wildman–Crippen MR) is 57.2 cm³/mol. The third kappa shape index (κ3) is 2.10. The van der Waals surface area contributed by atoms with Gasteiger partial charge in [-0.15, -0.1) is 0 Å². The first-order chi connectivity index (χ1) is 6.71. The average Bonchev–Trinajstić information content (AvgIpc) is 2.19. The Kier molecular flexibility index (Phi) is 3.10. The first kappa shape index (κ1) is 10.4. The zero-order chi connectivity index (χ0) is 10.0. The molecule has 3 heteroatoms. The average molecular weight is 198 g/mol. The van der Waals surface area contributed by atoms with Crippen LogP contribution >= 0.6 is 0 Å². The van der Waals surface area contributed by atoms with Gasteiger partial charge in [-0.1, -0.05) is 0 Å². The molecule has 0 radical (unpaired) electrons. The van der Waals surface area contributed by atoms with Crippen molar-refractivity contribution in [2.45, 2.75) is 31.2 Å². The van der Waals surface area contributed by atoms with Crippen molar-refractivity contribution in [3.63, 3.8) is 0 Å². The fourth-order valence-electron chi connectivity index (χ4n) is 2.74. The van der Waals surface area contributed by atoms with E-state index in [0.717, 1.165) is 26.1 Å². The molecule has 0 saturated carbocycles. The molecule has 2 aliphatic heterocycles. The van der Waals surface area contributed by atoms with E-state index in [1.807, 2.05) is 0 Å². The Balaban J connectivity index is 1.92. The maximum Gasteiger partial charge on any atom is 0.0648 e. The second-order valence-electron chi connectivity index (χ2n) is 4.97. The third-order valence-corrected chi connectivity index (χ3v) is 3.83. The van der Waals surface area contributed by atoms with Crippen LogP contribution in [0.3, 0.4) is 0 Å². The van der Waals surface area contributed by atoms with Gasteiger partial charge >= 0.3 is 0 Å². The summed E-state index contributed by atoms with van der Waals surface area (Å²) in [5, 5.41) is 0. The van der Waals surface area contributed by atoms with E-state index in [9.17, 15) is 0 Å². The van der Waals surface area contributed by atoms with Gasteiger partial charge in [0, 0.05) is 12.1 Å². The molecule has 2 saturated heterocycles. The van der Waals surface area contributed by atoms with Crippen molar-refractivity contribution in [2.24, 2.45) is 11.7 Å². The number of ether oxygens (including phenoxy) is 1. The highest BCUT2D eigenvalue weighted by molar-refractivity contribution is 4.95. The lowest BCUT2D eigenvalue weighted by atomic mass is 9.75. The summed E-state index contributed by atoms with van der Waals surface area (Å²) in [5.41, 5.74) is 6.42. The third-order valence-electron chi connectivity index (χ3n) is 3.83. The number of hydrogen-bond donors (Lipinski definition) is 1. The summed E-state index contributed by atoms with van der Waals surface area (Å²) in [6.07, 6.45) is 4.79. The van der Waals surface area contributed by atoms with Gasteiger partial charge in [0.2, 0.25) is 0 Å². The lowest BCUT2D eigenvalue weighted by molar-refractivity contribution is -0.00345. The number of nitrogens with two attached hydrogens (primary N) is 1. The number of nitrogens with zero attached hydrogens (tertiary/aromatic N) is 1. The van der Waals surface area contributed by atoms with Crippen LogP contribution in [0.5, 0.6) is 0 Å². The largest absolute Gasteiger partial charge is 0.380 e. The SMILES string of the molecule is CN1CCC(C2(N)CCCOC2)CC1. The normalized spacial score (nSPS) is 37.3. The van der Waals surface area contributed by atoms with E-state index < -0.39 is 0 Å². The molecule has 2 heterocycles. The standard InChI is InChI=1S/C11H22N2O/c1-13-6-3-10(4-7-13)11(12)5-2-8-14-9-11/h10H,2-9,12H2,1H3. The lowest BCUT2D eigenvalue weighted by Crippen LogP contribution is -2.55. The second kappa shape index (κ2) is 4.17. The van der Waals surface area contributed by atoms with Crippen molar-refractivity contribution in [1.29, 1.82) is 0 Å². The monoisotopic (exact) mass is 198 g/mol. The molecule has 0 amide bonds. The molecule has 0 aliphatic carbocycles. The van der Waals surface area contributed by atoms with Gasteiger partial charge in [0.1, 0.15) is 0 Å². The highest BCUT2D eigenvalue weighted by atomic mass is 16.5. The smallest absolute Gasteiger partial charge is 0.0648 e. The zero-order valence-corrected chi connectivity index (χ0v) is 9.17. The Hall–Kier alpha value is -0.120. The van der Waals surface area contributed by atoms with Crippen LogP contribution in [0.1, 0.15) is 25.7 Å². The molecule has 0 aromatic heterocycles. The van der Waals surface area contributed by atoms with Crippen molar-refractivity contribution >= 4 is 0 Å². The molecule has 1 atom stereocenters. The summed E-state index contributed by atoms with van der Waals surface area (Å²) in [5.74, 6) is 0.680. The van der Waals surface area contributed by atoms with Crippen LogP contribution in [-0.2, 0) is 4.74 Å². The molecular formula is C11H22N2O. The Morgan fingerprint density at radius 2 is 2.07 bits per heavy atom. The van der Waals surface area contributed by atoms with E-state index in [1.165, 1.54) is 25.9 Å². The predicted octanol–water partition coefficient (Wildman–Crippen LogP) is 0.836. The number of rotatable bonds is 1. The van der Waals surface area contributed by atoms with Crippen molar-refractivity contribution in [1.82, 2.24) is 4.90 Å². The minimum Gasteiger partial charge on any atom is -0.380 e. The molecule has 0 spiro atoms. The topological polar surface area (TPSA) is 38.5 Å². The highest BCUT2D eigenvalue weighted by Gasteiger charge is 2.37. The van der Waals surface area contributed by atoms with Gasteiger partial charge in [0.05, 0.1) is 6.61 Å². The number of likely N-dealkylation sites (tertiary alicyclic amines) is 1. The van der Waals surface area contributed by atoms with Gasteiger partial charge in [-0.3, -0.25) is 0 Å². The molecular weight excluding hydrogens is 176 g/mol. The molecule has 0 bridgehead atoms. The van der Waals surface area contributed by atoms with Crippen LogP contribution in [0, 0.1) is 5.92 Å². The number of hydrogen-bond acceptors (Lipinski definition) is 3. The van der Waals surface area contributed by atoms with Crippen molar-refractivity contribution in [2.75, 3.05) is 33.4 Å². The van der Waals surface area contributed by atoms with E-state index in [4.69, 9.17) is 10.5 Å². The maximum atomic E-state index is 6.44. The van der Waals surface area contributed by atoms with Crippen LogP contribution in [-0.4, -0.2) is 43.8 Å². The van der Waals surface area contributed by atoms with Crippen LogP contribution in [0.25, 0.3) is 0 Å². The van der Waals surface area contributed by atoms with E-state index in [0.29, 0.717) is 5.92 Å². The summed E-state index contributed by atoms with van der Waals surface area (Å²) < 4.78 is 5.53. The first-order valence-corrected chi connectivity index (χ1v) is 5.76. The van der Waals surface area contributed by atoms with E-state index >= 15 is 0 Å². The summed E-state index contributed by atoms with van der Waals surface area (Å²) in [4.78, 5) is 2.39. The van der Waals surface area contributed by atoms with E-state index in [-0.39, 0.29) is 5.54 Å². The van der Waals surface area contributed by atoms with Crippen LogP contribution in [0.15, 0.2) is 0 Å². The molecule has 0 aromatic rings. The Labute approximate surface area is 86.6 Å². The van der Waals surface area contributed by atoms with Gasteiger partial charge in [-0.25, -0.2) is 0 Å². The molecule has 2 aliphatic rings. The van der Waals surface area contributed by atoms with Gasteiger partial charge in [0.25, 0.3) is 0 Å². The second-order valence-corrected chi connectivity index (χ2v) is 4.97. The highest BCUT2D eigenvalue weighted by Crippen LogP contribution is 2.32. The van der Waals surface area contributed by atoms with Gasteiger partial charge in [-0.2, -0.15) is 0 Å². The molecule has 0 aromatic carbocycles. The van der Waals surface area contributed by atoms with Crippen molar-refractivity contribution < 1.29 is 4.74 Å². The maximum absolute atomic E-state index is 6.44. The van der Waals surface area contributed by atoms with Gasteiger partial charge < -0.3 is 15.4 Å². The van der Waals surface area contributed by atoms with Crippen LogP contribution in [0.2, 0.25) is 0 Å². The van der Waals surface area contributed by atoms with Crippen LogP contribution < -0.4 is 5.73 Å². The van der Waals surface area contributed by atoms with Crippen molar-refractivity contribution in [3.05, 3.63) is 0 Å². The summed E-state index contributed by atoms with van der Waals surface area (Å²) >= 11 is 0. The van der Waals surface area contributed by atoms with Crippen molar-refractivity contribution in [3.8, 4) is 0 Å². The molecule has 82 valence electrons. The summed E-state index contributed by atoms with van der Waals surface area (Å²) in [6, 6.07) is 0. The Morgan fingerprint density at radius 1 is 1.36 bits per heavy atom. The van der Waals surface area contributed by atoms with E-state index in [2.05, 4.69) is 11.9 Å². The minimum atomic E-state index is -0.0144. The Bertz CT molecular complexity index is 182. The quantitative estimate of drug-likeness (QED) is 0.678.